The fourth-order valence-electron chi connectivity index (χ4n) is 4.16. The maximum absolute atomic E-state index is 13.2. The van der Waals surface area contributed by atoms with Gasteiger partial charge in [0.15, 0.2) is 6.29 Å². The monoisotopic (exact) mass is 522 g/mol. The Hall–Kier alpha value is -4.08. The first kappa shape index (κ1) is 28.5. The van der Waals surface area contributed by atoms with E-state index in [1.54, 1.807) is 23.0 Å². The number of rotatable bonds is 11. The zero-order valence-electron chi connectivity index (χ0n) is 22.3. The molecule has 2 aromatic heterocycles. The molecule has 2 aromatic rings. The van der Waals surface area contributed by atoms with E-state index in [2.05, 4.69) is 26.7 Å². The number of carbonyl (C=O) groups is 3. The molecule has 0 aromatic carbocycles. The van der Waals surface area contributed by atoms with Crippen LogP contribution in [0, 0.1) is 11.3 Å². The number of hydrogen-bond donors (Lipinski definition) is 2. The number of fused-ring (bicyclic) bond motifs is 1. The number of aldehydes is 1. The first-order valence-electron chi connectivity index (χ1n) is 12.4. The summed E-state index contributed by atoms with van der Waals surface area (Å²) in [5.74, 6) is 0.639. The Morgan fingerprint density at radius 3 is 2.76 bits per heavy atom. The second kappa shape index (κ2) is 13.5. The average Bonchev–Trinajstić information content (AvgIpc) is 2.90. The van der Waals surface area contributed by atoms with E-state index in [0.717, 1.165) is 5.56 Å². The van der Waals surface area contributed by atoms with Crippen molar-refractivity contribution in [2.75, 3.05) is 69.5 Å². The van der Waals surface area contributed by atoms with Crippen LogP contribution in [0.4, 0.5) is 22.1 Å². The summed E-state index contributed by atoms with van der Waals surface area (Å²) in [5, 5.41) is 15.2. The van der Waals surface area contributed by atoms with E-state index in [1.165, 1.54) is 11.1 Å². The van der Waals surface area contributed by atoms with Crippen molar-refractivity contribution in [2.45, 2.75) is 26.3 Å². The highest BCUT2D eigenvalue weighted by atomic mass is 16.5. The van der Waals surface area contributed by atoms with Crippen LogP contribution in [0.15, 0.2) is 18.3 Å². The van der Waals surface area contributed by atoms with Crippen molar-refractivity contribution in [3.63, 3.8) is 0 Å². The molecule has 1 aliphatic rings. The van der Waals surface area contributed by atoms with Gasteiger partial charge in [0.05, 0.1) is 24.4 Å². The van der Waals surface area contributed by atoms with Crippen LogP contribution in [0.3, 0.4) is 0 Å². The highest BCUT2D eigenvalue weighted by Gasteiger charge is 2.27. The fraction of sp³-hybridized carbons (Fsp3) is 0.462. The Bertz CT molecular complexity index is 1210. The molecule has 38 heavy (non-hydrogen) atoms. The van der Waals surface area contributed by atoms with E-state index >= 15 is 0 Å². The van der Waals surface area contributed by atoms with Gasteiger partial charge in [-0.1, -0.05) is 0 Å². The molecule has 3 heterocycles. The van der Waals surface area contributed by atoms with Crippen LogP contribution < -0.4 is 15.5 Å². The number of aryl methyl sites for hydroxylation is 1. The summed E-state index contributed by atoms with van der Waals surface area (Å²) < 4.78 is 5.04. The summed E-state index contributed by atoms with van der Waals surface area (Å²) in [6, 6.07) is 5.09. The topological polar surface area (TPSA) is 144 Å². The number of anilines is 3. The van der Waals surface area contributed by atoms with E-state index in [-0.39, 0.29) is 30.5 Å². The Balaban J connectivity index is 1.83. The highest BCUT2D eigenvalue weighted by Crippen LogP contribution is 2.28. The summed E-state index contributed by atoms with van der Waals surface area (Å²) in [4.78, 5) is 51.5. The van der Waals surface area contributed by atoms with Crippen molar-refractivity contribution in [3.05, 3.63) is 40.7 Å². The lowest BCUT2D eigenvalue weighted by Gasteiger charge is -2.30. The first-order valence-corrected chi connectivity index (χ1v) is 12.4. The van der Waals surface area contributed by atoms with Gasteiger partial charge in [0.25, 0.3) is 0 Å². The number of amides is 3. The quantitative estimate of drug-likeness (QED) is 0.335. The number of nitrogens with one attached hydrogen (secondary N) is 2. The smallest absolute Gasteiger partial charge is 0.328 e. The van der Waals surface area contributed by atoms with Crippen molar-refractivity contribution >= 4 is 35.5 Å². The minimum absolute atomic E-state index is 0.0425. The number of aromatic nitrogens is 2. The van der Waals surface area contributed by atoms with Crippen molar-refractivity contribution in [1.29, 1.82) is 5.26 Å². The van der Waals surface area contributed by atoms with Crippen molar-refractivity contribution in [1.82, 2.24) is 19.8 Å². The molecule has 202 valence electrons. The number of urea groups is 1. The number of likely N-dealkylation sites (N-methyl/N-ethyl adjacent to an activating group) is 2. The van der Waals surface area contributed by atoms with Gasteiger partial charge in [0, 0.05) is 51.1 Å². The van der Waals surface area contributed by atoms with E-state index in [1.807, 2.05) is 27.1 Å². The van der Waals surface area contributed by atoms with Crippen LogP contribution in [-0.4, -0.2) is 92.0 Å². The third-order valence-electron chi connectivity index (χ3n) is 6.06. The second-order valence-electron chi connectivity index (χ2n) is 9.11. The molecule has 12 heteroatoms. The summed E-state index contributed by atoms with van der Waals surface area (Å²) >= 11 is 0. The molecule has 12 nitrogen and oxygen atoms in total. The zero-order valence-corrected chi connectivity index (χ0v) is 22.3. The molecule has 0 saturated carbocycles. The zero-order chi connectivity index (χ0) is 27.7. The second-order valence-corrected chi connectivity index (χ2v) is 9.11. The lowest BCUT2D eigenvalue weighted by molar-refractivity contribution is -0.132. The average molecular weight is 523 g/mol. The molecule has 0 unspecified atom stereocenters. The number of nitrogens with zero attached hydrogens (tertiary/aromatic N) is 6. The van der Waals surface area contributed by atoms with Gasteiger partial charge in [-0.05, 0) is 45.5 Å². The predicted molar refractivity (Wildman–Crippen MR) is 143 cm³/mol. The molecule has 2 N–H and O–H groups in total. The third-order valence-corrected chi connectivity index (χ3v) is 6.06. The van der Waals surface area contributed by atoms with Gasteiger partial charge < -0.3 is 19.9 Å². The largest absolute Gasteiger partial charge is 0.383 e. The SMILES string of the molecule is CCN(Cc1cc2c(nc1C=O)N(C(=O)Nc1cc(NCCOC)c(C#N)cn1)CCC2)C(=O)CN(C)C. The van der Waals surface area contributed by atoms with Crippen LogP contribution in [-0.2, 0) is 22.5 Å². The van der Waals surface area contributed by atoms with Gasteiger partial charge in [-0.2, -0.15) is 5.26 Å². The number of ether oxygens (including phenoxy) is 1. The molecule has 0 spiro atoms. The molecular weight excluding hydrogens is 488 g/mol. The Labute approximate surface area is 222 Å². The van der Waals surface area contributed by atoms with Gasteiger partial charge >= 0.3 is 6.03 Å². The van der Waals surface area contributed by atoms with Gasteiger partial charge in [-0.25, -0.2) is 14.8 Å². The fourth-order valence-corrected chi connectivity index (χ4v) is 4.16. The van der Waals surface area contributed by atoms with E-state index < -0.39 is 6.03 Å². The van der Waals surface area contributed by atoms with Gasteiger partial charge in [-0.15, -0.1) is 0 Å². The Morgan fingerprint density at radius 1 is 1.32 bits per heavy atom. The summed E-state index contributed by atoms with van der Waals surface area (Å²) in [5.41, 5.74) is 2.55. The van der Waals surface area contributed by atoms with Crippen molar-refractivity contribution < 1.29 is 19.1 Å². The number of nitriles is 1. The van der Waals surface area contributed by atoms with Gasteiger partial charge in [0.2, 0.25) is 5.91 Å². The summed E-state index contributed by atoms with van der Waals surface area (Å²) in [7, 11) is 5.24. The summed E-state index contributed by atoms with van der Waals surface area (Å²) in [6.07, 6.45) is 3.45. The van der Waals surface area contributed by atoms with Crippen LogP contribution in [0.2, 0.25) is 0 Å². The van der Waals surface area contributed by atoms with Crippen LogP contribution in [0.25, 0.3) is 0 Å². The molecule has 1 aliphatic heterocycles. The van der Waals surface area contributed by atoms with E-state index in [0.29, 0.717) is 68.0 Å². The minimum Gasteiger partial charge on any atom is -0.383 e. The molecule has 0 atom stereocenters. The highest BCUT2D eigenvalue weighted by molar-refractivity contribution is 6.01. The maximum atomic E-state index is 13.2. The maximum Gasteiger partial charge on any atom is 0.328 e. The van der Waals surface area contributed by atoms with Crippen LogP contribution in [0.1, 0.15) is 40.5 Å². The molecule has 0 saturated heterocycles. The number of hydrogen-bond acceptors (Lipinski definition) is 9. The molecule has 0 aliphatic carbocycles. The first-order chi connectivity index (χ1) is 18.3. The number of methoxy groups -OCH3 is 1. The van der Waals surface area contributed by atoms with E-state index in [4.69, 9.17) is 4.74 Å². The predicted octanol–water partition coefficient (Wildman–Crippen LogP) is 2.11. The standard InChI is InChI=1S/C26H34N8O4/c1-5-33(24(36)16-32(2)3)15-19-11-18-7-6-9-34(25(18)30-22(19)17-35)26(37)31-23-12-21(28-8-10-38-4)20(13-27)14-29-23/h11-12,14,17H,5-10,15-16H2,1-4H3,(H2,28,29,31,37). The number of pyridine rings is 2. The van der Waals surface area contributed by atoms with Crippen LogP contribution in [0.5, 0.6) is 0 Å². The minimum atomic E-state index is -0.445. The normalized spacial score (nSPS) is 12.5. The number of carbonyl (C=O) groups excluding carboxylic acids is 3. The summed E-state index contributed by atoms with van der Waals surface area (Å²) in [6.45, 7) is 4.27. The van der Waals surface area contributed by atoms with Crippen LogP contribution >= 0.6 is 0 Å². The Morgan fingerprint density at radius 2 is 2.11 bits per heavy atom. The third kappa shape index (κ3) is 7.02. The lowest BCUT2D eigenvalue weighted by atomic mass is 10.0. The molecule has 3 rings (SSSR count). The lowest BCUT2D eigenvalue weighted by Crippen LogP contribution is -2.40. The molecule has 3 amide bonds. The molecular formula is C26H34N8O4. The van der Waals surface area contributed by atoms with Crippen molar-refractivity contribution in [2.24, 2.45) is 0 Å². The molecule has 0 radical (unpaired) electrons. The molecule has 0 fully saturated rings. The van der Waals surface area contributed by atoms with E-state index in [9.17, 15) is 19.6 Å². The van der Waals surface area contributed by atoms with Gasteiger partial charge in [-0.3, -0.25) is 19.8 Å². The molecule has 0 bridgehead atoms. The Kier molecular flexibility index (Phi) is 10.1. The van der Waals surface area contributed by atoms with Gasteiger partial charge in [0.1, 0.15) is 23.4 Å². The van der Waals surface area contributed by atoms with Crippen molar-refractivity contribution in [3.8, 4) is 6.07 Å².